The third-order valence-corrected chi connectivity index (χ3v) is 3.65. The average molecular weight is 278 g/mol. The van der Waals surface area contributed by atoms with Gasteiger partial charge >= 0.3 is 0 Å². The second-order valence-electron chi connectivity index (χ2n) is 4.60. The van der Waals surface area contributed by atoms with Gasteiger partial charge in [-0.15, -0.1) is 11.8 Å². The molecule has 16 heavy (non-hydrogen) atoms. The van der Waals surface area contributed by atoms with Crippen LogP contribution in [0.3, 0.4) is 0 Å². The van der Waals surface area contributed by atoms with Gasteiger partial charge in [0, 0.05) is 22.7 Å². The van der Waals surface area contributed by atoms with Crippen molar-refractivity contribution in [2.45, 2.75) is 31.2 Å². The molecule has 0 bridgehead atoms. The quantitative estimate of drug-likeness (QED) is 0.644. The van der Waals surface area contributed by atoms with Crippen LogP contribution in [0.2, 0.25) is 10.0 Å². The molecule has 1 rings (SSSR count). The smallest absolute Gasteiger partial charge is 0.0603 e. The van der Waals surface area contributed by atoms with E-state index in [1.165, 1.54) is 0 Å². The highest BCUT2D eigenvalue weighted by Crippen LogP contribution is 2.27. The second-order valence-corrected chi connectivity index (χ2v) is 6.58. The zero-order valence-electron chi connectivity index (χ0n) is 9.81. The summed E-state index contributed by atoms with van der Waals surface area (Å²) in [7, 11) is 0. The number of hydrogen-bond acceptors (Lipinski definition) is 2. The topological polar surface area (TPSA) is 12.0 Å². The van der Waals surface area contributed by atoms with Crippen molar-refractivity contribution in [3.8, 4) is 0 Å². The predicted octanol–water partition coefficient (Wildman–Crippen LogP) is 4.47. The van der Waals surface area contributed by atoms with Gasteiger partial charge in [-0.1, -0.05) is 23.2 Å². The first-order chi connectivity index (χ1) is 7.38. The summed E-state index contributed by atoms with van der Waals surface area (Å²) in [6.45, 7) is 7.47. The highest BCUT2D eigenvalue weighted by Gasteiger charge is 2.07. The molecule has 0 aromatic heterocycles. The summed E-state index contributed by atoms with van der Waals surface area (Å²) in [5.74, 6) is 1.02. The Labute approximate surface area is 112 Å². The molecule has 1 nitrogen and oxygen atoms in total. The summed E-state index contributed by atoms with van der Waals surface area (Å²) >= 11 is 13.6. The third kappa shape index (κ3) is 5.44. The van der Waals surface area contributed by atoms with Crippen LogP contribution in [0.5, 0.6) is 0 Å². The Morgan fingerprint density at radius 3 is 2.44 bits per heavy atom. The Morgan fingerprint density at radius 2 is 1.88 bits per heavy atom. The number of halogens is 2. The monoisotopic (exact) mass is 277 g/mol. The molecule has 4 heteroatoms. The van der Waals surface area contributed by atoms with E-state index in [1.54, 1.807) is 11.8 Å². The minimum atomic E-state index is 0.179. The van der Waals surface area contributed by atoms with Crippen molar-refractivity contribution in [1.82, 2.24) is 5.32 Å². The molecule has 0 saturated carbocycles. The normalized spacial score (nSPS) is 11.8. The Bertz CT molecular complexity index is 347. The van der Waals surface area contributed by atoms with Gasteiger partial charge < -0.3 is 5.32 Å². The van der Waals surface area contributed by atoms with Crippen LogP contribution >= 0.6 is 35.0 Å². The minimum Gasteiger partial charge on any atom is -0.311 e. The van der Waals surface area contributed by atoms with Gasteiger partial charge in [-0.05, 0) is 39.0 Å². The maximum absolute atomic E-state index is 5.94. The number of benzene rings is 1. The Morgan fingerprint density at radius 1 is 1.19 bits per heavy atom. The van der Waals surface area contributed by atoms with Crippen LogP contribution in [0, 0.1) is 0 Å². The van der Waals surface area contributed by atoms with Crippen molar-refractivity contribution in [3.63, 3.8) is 0 Å². The van der Waals surface area contributed by atoms with E-state index in [9.17, 15) is 0 Å². The molecule has 1 aromatic rings. The Balaban J connectivity index is 2.35. The summed E-state index contributed by atoms with van der Waals surface area (Å²) in [4.78, 5) is 1.16. The van der Waals surface area contributed by atoms with Gasteiger partial charge in [-0.2, -0.15) is 0 Å². The summed E-state index contributed by atoms with van der Waals surface area (Å²) < 4.78 is 0. The van der Waals surface area contributed by atoms with Gasteiger partial charge in [0.1, 0.15) is 0 Å². The predicted molar refractivity (Wildman–Crippen MR) is 74.9 cm³/mol. The van der Waals surface area contributed by atoms with Crippen LogP contribution in [-0.4, -0.2) is 17.8 Å². The molecule has 0 unspecified atom stereocenters. The first-order valence-corrected chi connectivity index (χ1v) is 6.95. The highest BCUT2D eigenvalue weighted by atomic mass is 35.5. The lowest BCUT2D eigenvalue weighted by Gasteiger charge is -2.20. The lowest BCUT2D eigenvalue weighted by molar-refractivity contribution is 0.441. The molecule has 0 atom stereocenters. The standard InChI is InChI=1S/C12H17Cl2NS/c1-12(2,3)15-6-7-16-9-4-5-10(13)11(14)8-9/h4-5,8,15H,6-7H2,1-3H3. The first-order valence-electron chi connectivity index (χ1n) is 5.21. The van der Waals surface area contributed by atoms with Gasteiger partial charge in [0.25, 0.3) is 0 Å². The Kier molecular flexibility index (Phi) is 5.45. The average Bonchev–Trinajstić information content (AvgIpc) is 2.17. The molecule has 0 heterocycles. The van der Waals surface area contributed by atoms with Crippen LogP contribution in [-0.2, 0) is 0 Å². The van der Waals surface area contributed by atoms with Crippen LogP contribution in [0.4, 0.5) is 0 Å². The van der Waals surface area contributed by atoms with Crippen LogP contribution in [0.1, 0.15) is 20.8 Å². The van der Waals surface area contributed by atoms with E-state index in [2.05, 4.69) is 26.1 Å². The lowest BCUT2D eigenvalue weighted by Crippen LogP contribution is -2.37. The fraction of sp³-hybridized carbons (Fsp3) is 0.500. The maximum atomic E-state index is 5.94. The number of rotatable bonds is 4. The fourth-order valence-corrected chi connectivity index (χ4v) is 2.33. The zero-order valence-corrected chi connectivity index (χ0v) is 12.1. The molecule has 0 saturated heterocycles. The number of thioether (sulfide) groups is 1. The molecule has 0 aliphatic heterocycles. The van der Waals surface area contributed by atoms with Gasteiger partial charge in [-0.3, -0.25) is 0 Å². The molecule has 1 aromatic carbocycles. The van der Waals surface area contributed by atoms with Gasteiger partial charge in [-0.25, -0.2) is 0 Å². The van der Waals surface area contributed by atoms with Crippen molar-refractivity contribution in [2.24, 2.45) is 0 Å². The highest BCUT2D eigenvalue weighted by molar-refractivity contribution is 7.99. The maximum Gasteiger partial charge on any atom is 0.0603 e. The van der Waals surface area contributed by atoms with Crippen LogP contribution < -0.4 is 5.32 Å². The minimum absolute atomic E-state index is 0.179. The summed E-state index contributed by atoms with van der Waals surface area (Å²) in [6, 6.07) is 5.74. The zero-order chi connectivity index (χ0) is 12.2. The van der Waals surface area contributed by atoms with E-state index in [4.69, 9.17) is 23.2 Å². The first kappa shape index (κ1) is 14.2. The van der Waals surface area contributed by atoms with Crippen molar-refractivity contribution < 1.29 is 0 Å². The molecule has 1 N–H and O–H groups in total. The van der Waals surface area contributed by atoms with E-state index < -0.39 is 0 Å². The van der Waals surface area contributed by atoms with Crippen LogP contribution in [0.15, 0.2) is 23.1 Å². The lowest BCUT2D eigenvalue weighted by atomic mass is 10.1. The molecule has 90 valence electrons. The van der Waals surface area contributed by atoms with Crippen molar-refractivity contribution in [3.05, 3.63) is 28.2 Å². The summed E-state index contributed by atoms with van der Waals surface area (Å²) in [5, 5.41) is 4.67. The molecular weight excluding hydrogens is 261 g/mol. The van der Waals surface area contributed by atoms with Gasteiger partial charge in [0.15, 0.2) is 0 Å². The molecule has 0 fully saturated rings. The number of hydrogen-bond donors (Lipinski definition) is 1. The van der Waals surface area contributed by atoms with Gasteiger partial charge in [0.05, 0.1) is 10.0 Å². The molecule has 0 amide bonds. The molecule has 0 spiro atoms. The largest absolute Gasteiger partial charge is 0.311 e. The van der Waals surface area contributed by atoms with E-state index in [0.717, 1.165) is 17.2 Å². The van der Waals surface area contributed by atoms with E-state index in [-0.39, 0.29) is 5.54 Å². The fourth-order valence-electron chi connectivity index (χ4n) is 1.16. The van der Waals surface area contributed by atoms with Gasteiger partial charge in [0.2, 0.25) is 0 Å². The Hall–Kier alpha value is 0.110. The SMILES string of the molecule is CC(C)(C)NCCSc1ccc(Cl)c(Cl)c1. The van der Waals surface area contributed by atoms with Crippen molar-refractivity contribution >= 4 is 35.0 Å². The van der Waals surface area contributed by atoms with E-state index in [1.807, 2.05) is 18.2 Å². The van der Waals surface area contributed by atoms with Crippen molar-refractivity contribution in [2.75, 3.05) is 12.3 Å². The summed E-state index contributed by atoms with van der Waals surface area (Å²) in [6.07, 6.45) is 0. The van der Waals surface area contributed by atoms with E-state index in [0.29, 0.717) is 10.0 Å². The van der Waals surface area contributed by atoms with Crippen molar-refractivity contribution in [1.29, 1.82) is 0 Å². The van der Waals surface area contributed by atoms with Crippen LogP contribution in [0.25, 0.3) is 0 Å². The summed E-state index contributed by atoms with van der Waals surface area (Å²) in [5.41, 5.74) is 0.179. The second kappa shape index (κ2) is 6.15. The van der Waals surface area contributed by atoms with E-state index >= 15 is 0 Å². The molecular formula is C12H17Cl2NS. The molecule has 0 aliphatic carbocycles. The third-order valence-electron chi connectivity index (χ3n) is 1.92. The molecule has 0 aliphatic rings. The number of nitrogens with one attached hydrogen (secondary N) is 1. The molecule has 0 radical (unpaired) electrons.